The van der Waals surface area contributed by atoms with Crippen molar-refractivity contribution in [2.45, 2.75) is 26.9 Å². The first-order chi connectivity index (χ1) is 13.7. The molecule has 3 aromatic rings. The van der Waals surface area contributed by atoms with Crippen LogP contribution < -0.4 is 10.2 Å². The third-order valence-electron chi connectivity index (χ3n) is 4.62. The lowest BCUT2D eigenvalue weighted by atomic mass is 10.1. The number of fused-ring (bicyclic) bond motifs is 1. The molecule has 0 aliphatic rings. The summed E-state index contributed by atoms with van der Waals surface area (Å²) in [6.45, 7) is 4.91. The van der Waals surface area contributed by atoms with Crippen LogP contribution >= 0.6 is 0 Å². The normalized spacial score (nSPS) is 11.1. The molecule has 28 heavy (non-hydrogen) atoms. The van der Waals surface area contributed by atoms with Gasteiger partial charge >= 0.3 is 5.97 Å². The van der Waals surface area contributed by atoms with E-state index in [2.05, 4.69) is 10.5 Å². The number of aromatic nitrogens is 1. The number of hydrogen-bond donors (Lipinski definition) is 1. The van der Waals surface area contributed by atoms with Crippen LogP contribution in [-0.4, -0.2) is 30.5 Å². The maximum atomic E-state index is 12.0. The summed E-state index contributed by atoms with van der Waals surface area (Å²) in [5.74, 6) is 0.580. The summed E-state index contributed by atoms with van der Waals surface area (Å²) in [7, 11) is 1.66. The molecule has 0 saturated heterocycles. The molecular formula is C22H25N3O3. The minimum Gasteiger partial charge on any atom is -0.496 e. The SMILES string of the molecule is CCOC(=O)Cn1c(C)c(/C=N/NCc2ccccc2OC)c2ccccc21. The molecule has 3 rings (SSSR count). The Balaban J connectivity index is 1.81. The van der Waals surface area contributed by atoms with Gasteiger partial charge in [0.1, 0.15) is 12.3 Å². The van der Waals surface area contributed by atoms with Crippen LogP contribution in [0.1, 0.15) is 23.7 Å². The number of hydrazone groups is 1. The molecule has 0 fully saturated rings. The van der Waals surface area contributed by atoms with Crippen LogP contribution in [0.5, 0.6) is 5.75 Å². The monoisotopic (exact) mass is 379 g/mol. The summed E-state index contributed by atoms with van der Waals surface area (Å²) in [6, 6.07) is 15.8. The lowest BCUT2D eigenvalue weighted by Crippen LogP contribution is -2.14. The summed E-state index contributed by atoms with van der Waals surface area (Å²) in [5, 5.41) is 5.44. The highest BCUT2D eigenvalue weighted by atomic mass is 16.5. The smallest absolute Gasteiger partial charge is 0.325 e. The Morgan fingerprint density at radius 1 is 1.18 bits per heavy atom. The molecule has 0 saturated carbocycles. The van der Waals surface area contributed by atoms with Crippen molar-refractivity contribution in [3.05, 3.63) is 65.4 Å². The molecule has 1 aromatic heterocycles. The molecule has 146 valence electrons. The van der Waals surface area contributed by atoms with Gasteiger partial charge in [0.2, 0.25) is 0 Å². The van der Waals surface area contributed by atoms with E-state index in [9.17, 15) is 4.79 Å². The van der Waals surface area contributed by atoms with Gasteiger partial charge in [-0.2, -0.15) is 5.10 Å². The second-order valence-electron chi connectivity index (χ2n) is 6.31. The van der Waals surface area contributed by atoms with Crippen molar-refractivity contribution in [3.8, 4) is 5.75 Å². The Morgan fingerprint density at radius 2 is 1.93 bits per heavy atom. The number of nitrogens with one attached hydrogen (secondary N) is 1. The van der Waals surface area contributed by atoms with E-state index in [1.807, 2.05) is 66.9 Å². The van der Waals surface area contributed by atoms with Gasteiger partial charge in [-0.1, -0.05) is 36.4 Å². The van der Waals surface area contributed by atoms with Crippen molar-refractivity contribution in [1.82, 2.24) is 9.99 Å². The van der Waals surface area contributed by atoms with Gasteiger partial charge in [0.15, 0.2) is 0 Å². The van der Waals surface area contributed by atoms with Gasteiger partial charge in [0.25, 0.3) is 0 Å². The number of nitrogens with zero attached hydrogens (tertiary/aromatic N) is 2. The number of methoxy groups -OCH3 is 1. The number of esters is 1. The number of benzene rings is 2. The summed E-state index contributed by atoms with van der Waals surface area (Å²) >= 11 is 0. The average molecular weight is 379 g/mol. The number of carbonyl (C=O) groups excluding carboxylic acids is 1. The fourth-order valence-electron chi connectivity index (χ4n) is 3.25. The van der Waals surface area contributed by atoms with Crippen molar-refractivity contribution < 1.29 is 14.3 Å². The fraction of sp³-hybridized carbons (Fsp3) is 0.273. The molecule has 6 nitrogen and oxygen atoms in total. The Morgan fingerprint density at radius 3 is 2.71 bits per heavy atom. The predicted octanol–water partition coefficient (Wildman–Crippen LogP) is 3.65. The maximum Gasteiger partial charge on any atom is 0.325 e. The van der Waals surface area contributed by atoms with Gasteiger partial charge < -0.3 is 19.5 Å². The van der Waals surface area contributed by atoms with Gasteiger partial charge in [-0.05, 0) is 26.0 Å². The summed E-state index contributed by atoms with van der Waals surface area (Å²) in [6.07, 6.45) is 1.80. The molecule has 1 N–H and O–H groups in total. The number of rotatable bonds is 8. The third kappa shape index (κ3) is 4.17. The van der Waals surface area contributed by atoms with Crippen LogP contribution in [0.4, 0.5) is 0 Å². The zero-order valence-electron chi connectivity index (χ0n) is 16.4. The Bertz CT molecular complexity index is 992. The zero-order valence-corrected chi connectivity index (χ0v) is 16.4. The number of hydrogen-bond acceptors (Lipinski definition) is 5. The molecule has 0 radical (unpaired) electrons. The van der Waals surface area contributed by atoms with Gasteiger partial charge in [0.05, 0.1) is 26.5 Å². The summed E-state index contributed by atoms with van der Waals surface area (Å²) in [4.78, 5) is 12.0. The Kier molecular flexibility index (Phi) is 6.32. The van der Waals surface area contributed by atoms with E-state index >= 15 is 0 Å². The minimum absolute atomic E-state index is 0.183. The Hall–Kier alpha value is -3.28. The second-order valence-corrected chi connectivity index (χ2v) is 6.31. The molecular weight excluding hydrogens is 354 g/mol. The van der Waals surface area contributed by atoms with Crippen molar-refractivity contribution in [2.24, 2.45) is 5.10 Å². The van der Waals surface area contributed by atoms with E-state index in [0.29, 0.717) is 13.2 Å². The van der Waals surface area contributed by atoms with Crippen LogP contribution in [0, 0.1) is 6.92 Å². The first kappa shape index (κ1) is 19.5. The third-order valence-corrected chi connectivity index (χ3v) is 4.62. The number of ether oxygens (including phenoxy) is 2. The standard InChI is InChI=1S/C22H25N3O3/c1-4-28-22(26)15-25-16(2)19(18-10-6-7-11-20(18)25)14-24-23-13-17-9-5-8-12-21(17)27-3/h5-12,14,23H,4,13,15H2,1-3H3/b24-14+. The molecule has 0 aliphatic carbocycles. The molecule has 0 bridgehead atoms. The highest BCUT2D eigenvalue weighted by molar-refractivity contribution is 6.01. The lowest BCUT2D eigenvalue weighted by Gasteiger charge is -2.08. The molecule has 6 heteroatoms. The second kappa shape index (κ2) is 9.08. The molecule has 0 aliphatic heterocycles. The molecule has 0 spiro atoms. The van der Waals surface area contributed by atoms with E-state index in [4.69, 9.17) is 9.47 Å². The largest absolute Gasteiger partial charge is 0.496 e. The van der Waals surface area contributed by atoms with Crippen LogP contribution in [-0.2, 0) is 22.6 Å². The van der Waals surface area contributed by atoms with Crippen LogP contribution in [0.2, 0.25) is 0 Å². The maximum absolute atomic E-state index is 12.0. The number of carbonyl (C=O) groups is 1. The van der Waals surface area contributed by atoms with E-state index < -0.39 is 0 Å². The Labute approximate surface area is 164 Å². The van der Waals surface area contributed by atoms with Crippen molar-refractivity contribution in [1.29, 1.82) is 0 Å². The molecule has 0 amide bonds. The van der Waals surface area contributed by atoms with Gasteiger partial charge in [0, 0.05) is 27.7 Å². The average Bonchev–Trinajstić information content (AvgIpc) is 2.97. The number of para-hydroxylation sites is 2. The minimum atomic E-state index is -0.246. The van der Waals surface area contributed by atoms with Crippen molar-refractivity contribution >= 4 is 23.1 Å². The van der Waals surface area contributed by atoms with E-state index in [1.54, 1.807) is 13.3 Å². The fourth-order valence-corrected chi connectivity index (χ4v) is 3.25. The van der Waals surface area contributed by atoms with E-state index in [0.717, 1.165) is 33.5 Å². The van der Waals surface area contributed by atoms with Crippen LogP contribution in [0.3, 0.4) is 0 Å². The topological polar surface area (TPSA) is 64.9 Å². The van der Waals surface area contributed by atoms with Crippen LogP contribution in [0.25, 0.3) is 10.9 Å². The molecule has 1 heterocycles. The summed E-state index contributed by atoms with van der Waals surface area (Å²) < 4.78 is 12.4. The van der Waals surface area contributed by atoms with Gasteiger partial charge in [-0.25, -0.2) is 0 Å². The quantitative estimate of drug-likeness (QED) is 0.369. The van der Waals surface area contributed by atoms with Crippen molar-refractivity contribution in [3.63, 3.8) is 0 Å². The highest BCUT2D eigenvalue weighted by Gasteiger charge is 2.15. The first-order valence-electron chi connectivity index (χ1n) is 9.27. The lowest BCUT2D eigenvalue weighted by molar-refractivity contribution is -0.143. The molecule has 2 aromatic carbocycles. The first-order valence-corrected chi connectivity index (χ1v) is 9.27. The zero-order chi connectivity index (χ0) is 19.9. The molecule has 0 unspecified atom stereocenters. The van der Waals surface area contributed by atoms with Gasteiger partial charge in [-0.15, -0.1) is 0 Å². The van der Waals surface area contributed by atoms with E-state index in [-0.39, 0.29) is 12.5 Å². The highest BCUT2D eigenvalue weighted by Crippen LogP contribution is 2.24. The van der Waals surface area contributed by atoms with E-state index in [1.165, 1.54) is 0 Å². The summed E-state index contributed by atoms with van der Waals surface area (Å²) in [5.41, 5.74) is 7.04. The van der Waals surface area contributed by atoms with Crippen molar-refractivity contribution in [2.75, 3.05) is 13.7 Å². The van der Waals surface area contributed by atoms with Crippen LogP contribution in [0.15, 0.2) is 53.6 Å². The predicted molar refractivity (Wildman–Crippen MR) is 111 cm³/mol. The van der Waals surface area contributed by atoms with Gasteiger partial charge in [-0.3, -0.25) is 4.79 Å². The molecule has 0 atom stereocenters.